The Hall–Kier alpha value is -1.76. The molecule has 0 aromatic heterocycles. The quantitative estimate of drug-likeness (QED) is 0.885. The van der Waals surface area contributed by atoms with E-state index in [1.165, 1.54) is 25.3 Å². The predicted octanol–water partition coefficient (Wildman–Crippen LogP) is 2.64. The maximum Gasteiger partial charge on any atom is 0.262 e. The minimum Gasteiger partial charge on any atom is -0.495 e. The number of anilines is 1. The van der Waals surface area contributed by atoms with Crippen LogP contribution >= 0.6 is 11.6 Å². The Morgan fingerprint density at radius 2 is 1.95 bits per heavy atom. The molecule has 0 heterocycles. The molecule has 2 aromatic carbocycles. The molecule has 0 unspecified atom stereocenters. The molecule has 0 aliphatic carbocycles. The molecule has 0 fully saturated rings. The van der Waals surface area contributed by atoms with Crippen LogP contribution < -0.4 is 9.46 Å². The van der Waals surface area contributed by atoms with Crippen LogP contribution in [-0.2, 0) is 16.6 Å². The molecular formula is C14H14ClNO4S. The number of hydrogen-bond donors (Lipinski definition) is 2. The molecule has 0 saturated carbocycles. The van der Waals surface area contributed by atoms with Crippen LogP contribution in [0.5, 0.6) is 5.75 Å². The van der Waals surface area contributed by atoms with Crippen LogP contribution in [0.3, 0.4) is 0 Å². The summed E-state index contributed by atoms with van der Waals surface area (Å²) in [5, 5.41) is 9.24. The maximum absolute atomic E-state index is 12.3. The van der Waals surface area contributed by atoms with Gasteiger partial charge in [0.15, 0.2) is 0 Å². The summed E-state index contributed by atoms with van der Waals surface area (Å²) in [6, 6.07) is 10.8. The van der Waals surface area contributed by atoms with Gasteiger partial charge in [0.05, 0.1) is 24.3 Å². The fourth-order valence-corrected chi connectivity index (χ4v) is 3.16. The zero-order chi connectivity index (χ0) is 15.5. The van der Waals surface area contributed by atoms with Gasteiger partial charge < -0.3 is 9.84 Å². The number of para-hydroxylation sites is 2. The molecule has 112 valence electrons. The van der Waals surface area contributed by atoms with Crippen LogP contribution in [0.25, 0.3) is 0 Å². The van der Waals surface area contributed by atoms with Crippen molar-refractivity contribution in [1.29, 1.82) is 0 Å². The van der Waals surface area contributed by atoms with Crippen LogP contribution in [0.2, 0.25) is 5.02 Å². The number of aliphatic hydroxyl groups excluding tert-OH is 1. The van der Waals surface area contributed by atoms with Crippen molar-refractivity contribution in [2.24, 2.45) is 0 Å². The zero-order valence-electron chi connectivity index (χ0n) is 11.2. The lowest BCUT2D eigenvalue weighted by Gasteiger charge is -2.12. The molecule has 0 amide bonds. The lowest BCUT2D eigenvalue weighted by atomic mass is 10.2. The molecule has 0 saturated heterocycles. The van der Waals surface area contributed by atoms with Crippen molar-refractivity contribution in [3.8, 4) is 5.75 Å². The molecule has 0 aliphatic heterocycles. The molecule has 0 bridgehead atoms. The fourth-order valence-electron chi connectivity index (χ4n) is 1.76. The Kier molecular flexibility index (Phi) is 4.72. The SMILES string of the molecule is COc1ccccc1NS(=O)(=O)c1ccc(CO)c(Cl)c1. The summed E-state index contributed by atoms with van der Waals surface area (Å²) < 4.78 is 32.2. The molecule has 0 atom stereocenters. The topological polar surface area (TPSA) is 75.6 Å². The number of aliphatic hydroxyl groups is 1. The maximum atomic E-state index is 12.3. The summed E-state index contributed by atoms with van der Waals surface area (Å²) in [5.74, 6) is 0.416. The first kappa shape index (κ1) is 15.6. The second-order valence-electron chi connectivity index (χ2n) is 4.22. The monoisotopic (exact) mass is 327 g/mol. The highest BCUT2D eigenvalue weighted by Crippen LogP contribution is 2.27. The highest BCUT2D eigenvalue weighted by Gasteiger charge is 2.17. The first-order chi connectivity index (χ1) is 9.97. The molecule has 21 heavy (non-hydrogen) atoms. The van der Waals surface area contributed by atoms with E-state index in [4.69, 9.17) is 21.4 Å². The second-order valence-corrected chi connectivity index (χ2v) is 6.31. The third kappa shape index (κ3) is 3.47. The van der Waals surface area contributed by atoms with Gasteiger partial charge in [0.25, 0.3) is 10.0 Å². The van der Waals surface area contributed by atoms with E-state index in [0.717, 1.165) is 0 Å². The second kappa shape index (κ2) is 6.34. The van der Waals surface area contributed by atoms with E-state index in [1.54, 1.807) is 24.3 Å². The van der Waals surface area contributed by atoms with Crippen molar-refractivity contribution in [3.05, 3.63) is 53.1 Å². The molecule has 0 spiro atoms. The first-order valence-corrected chi connectivity index (χ1v) is 7.89. The van der Waals surface area contributed by atoms with Gasteiger partial charge in [-0.15, -0.1) is 0 Å². The van der Waals surface area contributed by atoms with E-state index in [1.807, 2.05) is 0 Å². The number of benzene rings is 2. The lowest BCUT2D eigenvalue weighted by molar-refractivity contribution is 0.282. The van der Waals surface area contributed by atoms with Gasteiger partial charge in [-0.05, 0) is 29.8 Å². The van der Waals surface area contributed by atoms with Crippen molar-refractivity contribution >= 4 is 27.3 Å². The molecule has 7 heteroatoms. The highest BCUT2D eigenvalue weighted by atomic mass is 35.5. The lowest BCUT2D eigenvalue weighted by Crippen LogP contribution is -2.13. The number of sulfonamides is 1. The van der Waals surface area contributed by atoms with Gasteiger partial charge in [-0.2, -0.15) is 0 Å². The standard InChI is InChI=1S/C14H14ClNO4S/c1-20-14-5-3-2-4-13(14)16-21(18,19)11-7-6-10(9-17)12(15)8-11/h2-8,16-17H,9H2,1H3. The van der Waals surface area contributed by atoms with Gasteiger partial charge in [-0.3, -0.25) is 4.72 Å². The number of hydrogen-bond acceptors (Lipinski definition) is 4. The molecule has 0 radical (unpaired) electrons. The van der Waals surface area contributed by atoms with E-state index in [2.05, 4.69) is 4.72 Å². The van der Waals surface area contributed by atoms with Crippen molar-refractivity contribution in [3.63, 3.8) is 0 Å². The predicted molar refractivity (Wildman–Crippen MR) is 81.2 cm³/mol. The smallest absolute Gasteiger partial charge is 0.262 e. The van der Waals surface area contributed by atoms with Crippen LogP contribution in [0.1, 0.15) is 5.56 Å². The van der Waals surface area contributed by atoms with Crippen LogP contribution in [0.4, 0.5) is 5.69 Å². The van der Waals surface area contributed by atoms with Crippen LogP contribution in [0, 0.1) is 0 Å². The number of rotatable bonds is 5. The minimum absolute atomic E-state index is 0.00982. The van der Waals surface area contributed by atoms with Gasteiger partial charge >= 0.3 is 0 Å². The Morgan fingerprint density at radius 3 is 2.57 bits per heavy atom. The molecule has 5 nitrogen and oxygen atoms in total. The molecule has 2 aromatic rings. The first-order valence-electron chi connectivity index (χ1n) is 6.03. The summed E-state index contributed by atoms with van der Waals surface area (Å²) in [6.45, 7) is -0.251. The number of halogens is 1. The molecule has 0 aliphatic rings. The van der Waals surface area contributed by atoms with E-state index < -0.39 is 10.0 Å². The van der Waals surface area contributed by atoms with Crippen molar-refractivity contribution in [2.75, 3.05) is 11.8 Å². The van der Waals surface area contributed by atoms with Crippen molar-refractivity contribution in [1.82, 2.24) is 0 Å². The van der Waals surface area contributed by atoms with E-state index in [0.29, 0.717) is 17.0 Å². The normalized spacial score (nSPS) is 11.2. The molecule has 2 rings (SSSR count). The third-order valence-electron chi connectivity index (χ3n) is 2.86. The molecular weight excluding hydrogens is 314 g/mol. The highest BCUT2D eigenvalue weighted by molar-refractivity contribution is 7.92. The Bertz CT molecular complexity index is 746. The zero-order valence-corrected chi connectivity index (χ0v) is 12.8. The summed E-state index contributed by atoms with van der Waals surface area (Å²) in [7, 11) is -2.33. The van der Waals surface area contributed by atoms with Gasteiger partial charge in [0.1, 0.15) is 5.75 Å². The fraction of sp³-hybridized carbons (Fsp3) is 0.143. The van der Waals surface area contributed by atoms with E-state index in [-0.39, 0.29) is 16.5 Å². The summed E-state index contributed by atoms with van der Waals surface area (Å²) in [6.07, 6.45) is 0. The summed E-state index contributed by atoms with van der Waals surface area (Å²) in [5.41, 5.74) is 0.801. The van der Waals surface area contributed by atoms with Crippen molar-refractivity contribution in [2.45, 2.75) is 11.5 Å². The number of nitrogens with one attached hydrogen (secondary N) is 1. The van der Waals surface area contributed by atoms with Crippen LogP contribution in [0.15, 0.2) is 47.4 Å². The van der Waals surface area contributed by atoms with Gasteiger partial charge in [-0.1, -0.05) is 29.8 Å². The van der Waals surface area contributed by atoms with Gasteiger partial charge in [0, 0.05) is 5.02 Å². The van der Waals surface area contributed by atoms with Gasteiger partial charge in [-0.25, -0.2) is 8.42 Å². The average molecular weight is 328 g/mol. The van der Waals surface area contributed by atoms with E-state index >= 15 is 0 Å². The number of methoxy groups -OCH3 is 1. The van der Waals surface area contributed by atoms with Crippen LogP contribution in [-0.4, -0.2) is 20.6 Å². The van der Waals surface area contributed by atoms with E-state index in [9.17, 15) is 8.42 Å². The Balaban J connectivity index is 2.36. The summed E-state index contributed by atoms with van der Waals surface area (Å²) in [4.78, 5) is 0.00982. The Labute approximate surface area is 128 Å². The number of ether oxygens (including phenoxy) is 1. The van der Waals surface area contributed by atoms with Crippen molar-refractivity contribution < 1.29 is 18.3 Å². The summed E-state index contributed by atoms with van der Waals surface area (Å²) >= 11 is 5.92. The average Bonchev–Trinajstić information content (AvgIpc) is 2.47. The third-order valence-corrected chi connectivity index (χ3v) is 4.57. The largest absolute Gasteiger partial charge is 0.495 e. The Morgan fingerprint density at radius 1 is 1.24 bits per heavy atom. The molecule has 2 N–H and O–H groups in total. The minimum atomic E-state index is -3.79. The van der Waals surface area contributed by atoms with Gasteiger partial charge in [0.2, 0.25) is 0 Å².